The van der Waals surface area contributed by atoms with E-state index in [-0.39, 0.29) is 17.9 Å². The Hall–Kier alpha value is -0.510. The maximum atomic E-state index is 10.8. The number of ether oxygens (including phenoxy) is 1. The van der Waals surface area contributed by atoms with E-state index in [0.717, 1.165) is 11.7 Å². The molecular weight excluding hydrogens is 260 g/mol. The van der Waals surface area contributed by atoms with Gasteiger partial charge in [0.15, 0.2) is 0 Å². The van der Waals surface area contributed by atoms with Crippen LogP contribution in [0.1, 0.15) is 65.2 Å². The number of carbonyl (C=O) groups excluding carboxylic acids is 2. The summed E-state index contributed by atoms with van der Waals surface area (Å²) in [4.78, 5) is 21.6. The van der Waals surface area contributed by atoms with Crippen LogP contribution in [0, 0.1) is 11.8 Å². The van der Waals surface area contributed by atoms with Crippen molar-refractivity contribution in [2.75, 3.05) is 0 Å². The number of hydrogen-bond acceptors (Lipinski definition) is 4. The summed E-state index contributed by atoms with van der Waals surface area (Å²) in [7, 11) is 0. The van der Waals surface area contributed by atoms with E-state index in [1.807, 2.05) is 0 Å². The molecule has 19 heavy (non-hydrogen) atoms. The minimum atomic E-state index is -0.364. The molecule has 0 N–H and O–H groups in total. The molecule has 1 saturated heterocycles. The maximum absolute atomic E-state index is 10.8. The van der Waals surface area contributed by atoms with Gasteiger partial charge in [0.05, 0.1) is 0 Å². The summed E-state index contributed by atoms with van der Waals surface area (Å²) in [5.41, 5.74) is 0. The van der Waals surface area contributed by atoms with Gasteiger partial charge >= 0.3 is 11.9 Å². The van der Waals surface area contributed by atoms with Crippen molar-refractivity contribution in [1.29, 1.82) is 0 Å². The van der Waals surface area contributed by atoms with Gasteiger partial charge in [-0.05, 0) is 31.1 Å². The van der Waals surface area contributed by atoms with Crippen LogP contribution in [0.2, 0.25) is 0 Å². The summed E-state index contributed by atoms with van der Waals surface area (Å²) in [5, 5.41) is 0.730. The van der Waals surface area contributed by atoms with E-state index in [2.05, 4.69) is 31.2 Å². The molecule has 4 heteroatoms. The van der Waals surface area contributed by atoms with E-state index in [4.69, 9.17) is 0 Å². The normalized spacial score (nSPS) is 21.9. The van der Waals surface area contributed by atoms with Crippen molar-refractivity contribution in [2.24, 2.45) is 11.8 Å². The van der Waals surface area contributed by atoms with Crippen molar-refractivity contribution >= 4 is 24.6 Å². The lowest BCUT2D eigenvalue weighted by Crippen LogP contribution is -2.26. The fraction of sp³-hybridized carbons (Fsp3) is 0.867. The molecule has 2 rings (SSSR count). The molecule has 2 fully saturated rings. The van der Waals surface area contributed by atoms with Gasteiger partial charge in [0.2, 0.25) is 0 Å². The third-order valence-corrected chi connectivity index (χ3v) is 4.03. The molecular formula is C15H26O3S. The molecule has 0 bridgehead atoms. The average Bonchev–Trinajstić information content (AvgIpc) is 2.28. The molecule has 0 radical (unpaired) electrons. The largest absolute Gasteiger partial charge is 0.393 e. The summed E-state index contributed by atoms with van der Waals surface area (Å²) < 4.78 is 4.42. The van der Waals surface area contributed by atoms with E-state index in [1.165, 1.54) is 32.1 Å². The Morgan fingerprint density at radius 1 is 1.11 bits per heavy atom. The fourth-order valence-corrected chi connectivity index (χ4v) is 3.03. The molecule has 0 aromatic carbocycles. The molecule has 0 spiro atoms. The Morgan fingerprint density at radius 3 is 2.00 bits per heavy atom. The summed E-state index contributed by atoms with van der Waals surface area (Å²) in [6.45, 7) is 4.18. The Balaban J connectivity index is 0.000000218. The van der Waals surface area contributed by atoms with Gasteiger partial charge in [-0.2, -0.15) is 12.6 Å². The Kier molecular flexibility index (Phi) is 7.51. The summed E-state index contributed by atoms with van der Waals surface area (Å²) in [6.07, 6.45) is 8.71. The van der Waals surface area contributed by atoms with Crippen molar-refractivity contribution in [2.45, 2.75) is 70.5 Å². The first-order valence-electron chi connectivity index (χ1n) is 7.39. The van der Waals surface area contributed by atoms with Crippen LogP contribution >= 0.6 is 12.6 Å². The zero-order valence-electron chi connectivity index (χ0n) is 12.1. The van der Waals surface area contributed by atoms with Gasteiger partial charge in [-0.1, -0.05) is 33.1 Å². The first-order chi connectivity index (χ1) is 8.97. The molecule has 1 aliphatic heterocycles. The third kappa shape index (κ3) is 7.61. The predicted molar refractivity (Wildman–Crippen MR) is 79.1 cm³/mol. The zero-order valence-corrected chi connectivity index (χ0v) is 13.0. The van der Waals surface area contributed by atoms with E-state index in [1.54, 1.807) is 0 Å². The highest BCUT2D eigenvalue weighted by atomic mass is 32.1. The maximum Gasteiger partial charge on any atom is 0.313 e. The molecule has 0 unspecified atom stereocenters. The summed E-state index contributed by atoms with van der Waals surface area (Å²) >= 11 is 4.36. The first-order valence-corrected chi connectivity index (χ1v) is 7.90. The van der Waals surface area contributed by atoms with Crippen LogP contribution in [0.3, 0.4) is 0 Å². The van der Waals surface area contributed by atoms with Crippen LogP contribution < -0.4 is 0 Å². The van der Waals surface area contributed by atoms with E-state index >= 15 is 0 Å². The Morgan fingerprint density at radius 2 is 1.63 bits per heavy atom. The van der Waals surface area contributed by atoms with Crippen molar-refractivity contribution in [3.8, 4) is 0 Å². The van der Waals surface area contributed by atoms with Gasteiger partial charge in [0.1, 0.15) is 0 Å². The van der Waals surface area contributed by atoms with Crippen LogP contribution in [-0.2, 0) is 14.3 Å². The van der Waals surface area contributed by atoms with Crippen LogP contribution in [-0.4, -0.2) is 17.2 Å². The van der Waals surface area contributed by atoms with Crippen LogP contribution in [0.5, 0.6) is 0 Å². The molecule has 2 aliphatic rings. The van der Waals surface area contributed by atoms with Gasteiger partial charge in [-0.15, -0.1) is 0 Å². The molecule has 0 aromatic heterocycles. The minimum absolute atomic E-state index is 0.207. The lowest BCUT2D eigenvalue weighted by atomic mass is 9.90. The zero-order chi connectivity index (χ0) is 14.3. The first kappa shape index (κ1) is 16.5. The molecule has 0 aromatic rings. The second kappa shape index (κ2) is 8.62. The molecule has 0 amide bonds. The molecule has 1 aliphatic carbocycles. The number of cyclic esters (lactones) is 2. The van der Waals surface area contributed by atoms with E-state index in [0.29, 0.717) is 18.8 Å². The average molecular weight is 286 g/mol. The number of thiol groups is 1. The predicted octanol–water partition coefficient (Wildman–Crippen LogP) is 3.76. The van der Waals surface area contributed by atoms with Gasteiger partial charge in [-0.25, -0.2) is 0 Å². The monoisotopic (exact) mass is 286 g/mol. The highest BCUT2D eigenvalue weighted by Crippen LogP contribution is 2.23. The standard InChI is InChI=1S/C9H14O3.C6H12S/c1-6(2)3-7-4-8(10)12-9(11)5-7;7-6-4-2-1-3-5-6/h6-7H,3-5H2,1-2H3;6-7H,1-5H2. The lowest BCUT2D eigenvalue weighted by molar-refractivity contribution is -0.165. The third-order valence-electron chi connectivity index (χ3n) is 3.52. The van der Waals surface area contributed by atoms with E-state index in [9.17, 15) is 9.59 Å². The summed E-state index contributed by atoms with van der Waals surface area (Å²) in [6, 6.07) is 0. The van der Waals surface area contributed by atoms with Crippen LogP contribution in [0.4, 0.5) is 0 Å². The topological polar surface area (TPSA) is 43.4 Å². The second-order valence-corrected chi connectivity index (χ2v) is 6.77. The van der Waals surface area contributed by atoms with Crippen molar-refractivity contribution in [1.82, 2.24) is 0 Å². The molecule has 1 saturated carbocycles. The SMILES string of the molecule is CC(C)CC1CC(=O)OC(=O)C1.SC1CCCCC1. The number of esters is 2. The van der Waals surface area contributed by atoms with Gasteiger partial charge < -0.3 is 4.74 Å². The van der Waals surface area contributed by atoms with Gasteiger partial charge in [0, 0.05) is 18.1 Å². The van der Waals surface area contributed by atoms with E-state index < -0.39 is 0 Å². The molecule has 1 heterocycles. The van der Waals surface area contributed by atoms with Crippen molar-refractivity contribution < 1.29 is 14.3 Å². The molecule has 0 atom stereocenters. The fourth-order valence-electron chi connectivity index (χ4n) is 2.67. The van der Waals surface area contributed by atoms with Crippen LogP contribution in [0.25, 0.3) is 0 Å². The van der Waals surface area contributed by atoms with Gasteiger partial charge in [0.25, 0.3) is 0 Å². The molecule has 110 valence electrons. The van der Waals surface area contributed by atoms with Crippen LogP contribution in [0.15, 0.2) is 0 Å². The number of carbonyl (C=O) groups is 2. The highest BCUT2D eigenvalue weighted by molar-refractivity contribution is 7.80. The number of hydrogen-bond donors (Lipinski definition) is 1. The number of rotatable bonds is 2. The highest BCUT2D eigenvalue weighted by Gasteiger charge is 2.27. The Bertz CT molecular complexity index is 280. The van der Waals surface area contributed by atoms with Crippen molar-refractivity contribution in [3.05, 3.63) is 0 Å². The smallest absolute Gasteiger partial charge is 0.313 e. The second-order valence-electron chi connectivity index (χ2n) is 6.04. The van der Waals surface area contributed by atoms with Gasteiger partial charge in [-0.3, -0.25) is 9.59 Å². The molecule has 3 nitrogen and oxygen atoms in total. The lowest BCUT2D eigenvalue weighted by Gasteiger charge is -2.20. The summed E-state index contributed by atoms with van der Waals surface area (Å²) in [5.74, 6) is 0.0150. The quantitative estimate of drug-likeness (QED) is 0.477. The minimum Gasteiger partial charge on any atom is -0.393 e. The van der Waals surface area contributed by atoms with Crippen molar-refractivity contribution in [3.63, 3.8) is 0 Å². The Labute approximate surface area is 121 Å².